The molecule has 0 bridgehead atoms. The summed E-state index contributed by atoms with van der Waals surface area (Å²) in [7, 11) is 1.26. The summed E-state index contributed by atoms with van der Waals surface area (Å²) >= 11 is 3.58. The molecule has 0 unspecified atom stereocenters. The summed E-state index contributed by atoms with van der Waals surface area (Å²) in [5, 5.41) is 8.67. The molecule has 3 heterocycles. The van der Waals surface area contributed by atoms with Crippen molar-refractivity contribution in [2.24, 2.45) is 0 Å². The van der Waals surface area contributed by atoms with Crippen LogP contribution in [0, 0.1) is 0 Å². The third kappa shape index (κ3) is 12.2. The number of thioether (sulfide) groups is 1. The Balaban J connectivity index is 0.000000393. The summed E-state index contributed by atoms with van der Waals surface area (Å²) in [6.07, 6.45) is 10.7. The molecule has 12 heteroatoms. The lowest BCUT2D eigenvalue weighted by Gasteiger charge is -2.40. The molecule has 5 rings (SSSR count). The zero-order valence-corrected chi connectivity index (χ0v) is 29.0. The third-order valence-corrected chi connectivity index (χ3v) is 9.93. The summed E-state index contributed by atoms with van der Waals surface area (Å²) in [6, 6.07) is 8.61. The third-order valence-electron chi connectivity index (χ3n) is 8.45. The molecule has 0 atom stereocenters. The molecule has 1 aromatic carbocycles. The van der Waals surface area contributed by atoms with Crippen molar-refractivity contribution >= 4 is 46.5 Å². The molecule has 1 aromatic heterocycles. The maximum atomic E-state index is 12.8. The van der Waals surface area contributed by atoms with Gasteiger partial charge in [0, 0.05) is 54.3 Å². The molecular formula is C33H51N5O5S2. The smallest absolute Gasteiger partial charge is 0.325 e. The van der Waals surface area contributed by atoms with Crippen molar-refractivity contribution in [3.63, 3.8) is 0 Å². The number of hydrogen-bond acceptors (Lipinski definition) is 10. The number of hydrogen-bond donors (Lipinski definition) is 2. The van der Waals surface area contributed by atoms with E-state index < -0.39 is 5.97 Å². The van der Waals surface area contributed by atoms with E-state index >= 15 is 0 Å². The standard InChI is InChI=1S/C26H36N4O2S.C4H7NO3.C3H8S/c1-26(11-3-2-4-12-26)28-24(31)21-7-5-20(6-8-21)23-19-33-25(27-23)30-13-9-22(10-14-30)29-15-17-32-18-16-29;1-8-4(7)2-5-3-6;1-3-4-2/h5-8,19,22H,2-4,9-18H2,1H3,(H,28,31);3H,2H2,1H3,(H,5,6);3H2,1-2H3. The minimum absolute atomic E-state index is 0.0352. The summed E-state index contributed by atoms with van der Waals surface area (Å²) in [5.41, 5.74) is 2.73. The van der Waals surface area contributed by atoms with Gasteiger partial charge in [-0.3, -0.25) is 19.3 Å². The Morgan fingerprint density at radius 3 is 2.33 bits per heavy atom. The van der Waals surface area contributed by atoms with Crippen LogP contribution in [0.2, 0.25) is 0 Å². The number of anilines is 1. The molecule has 2 aromatic rings. The number of carbonyl (C=O) groups is 3. The lowest BCUT2D eigenvalue weighted by atomic mass is 9.83. The number of morpholine rings is 1. The van der Waals surface area contributed by atoms with E-state index in [1.807, 2.05) is 36.0 Å². The van der Waals surface area contributed by atoms with Crippen LogP contribution in [0.1, 0.15) is 69.2 Å². The highest BCUT2D eigenvalue weighted by atomic mass is 32.2. The number of amides is 2. The number of nitrogens with one attached hydrogen (secondary N) is 2. The van der Waals surface area contributed by atoms with Crippen LogP contribution in [0.3, 0.4) is 0 Å². The van der Waals surface area contributed by atoms with Crippen molar-refractivity contribution in [2.45, 2.75) is 70.4 Å². The van der Waals surface area contributed by atoms with Crippen LogP contribution in [0.15, 0.2) is 29.6 Å². The van der Waals surface area contributed by atoms with Gasteiger partial charge in [0.25, 0.3) is 5.91 Å². The minimum Gasteiger partial charge on any atom is -0.468 e. The molecular weight excluding hydrogens is 611 g/mol. The van der Waals surface area contributed by atoms with Crippen LogP contribution in [0.5, 0.6) is 0 Å². The van der Waals surface area contributed by atoms with E-state index in [4.69, 9.17) is 9.72 Å². The highest BCUT2D eigenvalue weighted by molar-refractivity contribution is 7.98. The largest absolute Gasteiger partial charge is 0.468 e. The Hall–Kier alpha value is -2.67. The average Bonchev–Trinajstić information content (AvgIpc) is 3.59. The monoisotopic (exact) mass is 661 g/mol. The van der Waals surface area contributed by atoms with Gasteiger partial charge in [0.2, 0.25) is 6.41 Å². The van der Waals surface area contributed by atoms with Gasteiger partial charge in [0.1, 0.15) is 6.54 Å². The Bertz CT molecular complexity index is 1160. The quantitative estimate of drug-likeness (QED) is 0.288. The highest BCUT2D eigenvalue weighted by Crippen LogP contribution is 2.31. The Kier molecular flexibility index (Phi) is 16.2. The number of esters is 1. The summed E-state index contributed by atoms with van der Waals surface area (Å²) in [5.74, 6) is 0.824. The Labute approximate surface area is 277 Å². The number of aromatic nitrogens is 1. The molecule has 2 saturated heterocycles. The number of nitrogens with zero attached hydrogens (tertiary/aromatic N) is 3. The molecule has 2 amide bonds. The molecule has 2 aliphatic heterocycles. The number of ether oxygens (including phenoxy) is 2. The fourth-order valence-electron chi connectivity index (χ4n) is 5.70. The lowest BCUT2D eigenvalue weighted by molar-refractivity contribution is -0.140. The summed E-state index contributed by atoms with van der Waals surface area (Å²) in [4.78, 5) is 42.4. The predicted molar refractivity (Wildman–Crippen MR) is 184 cm³/mol. The second-order valence-corrected chi connectivity index (χ2v) is 13.7. The second kappa shape index (κ2) is 19.8. The maximum absolute atomic E-state index is 12.8. The first kappa shape index (κ1) is 36.8. The van der Waals surface area contributed by atoms with Gasteiger partial charge in [0.15, 0.2) is 5.13 Å². The van der Waals surface area contributed by atoms with Crippen LogP contribution in [-0.2, 0) is 19.1 Å². The van der Waals surface area contributed by atoms with Gasteiger partial charge >= 0.3 is 5.97 Å². The first-order chi connectivity index (χ1) is 21.8. The van der Waals surface area contributed by atoms with Crippen LogP contribution in [0.25, 0.3) is 11.3 Å². The molecule has 3 aliphatic rings. The normalized spacial score (nSPS) is 18.4. The van der Waals surface area contributed by atoms with Crippen molar-refractivity contribution in [1.82, 2.24) is 20.5 Å². The maximum Gasteiger partial charge on any atom is 0.325 e. The zero-order chi connectivity index (χ0) is 32.5. The predicted octanol–water partition coefficient (Wildman–Crippen LogP) is 4.84. The van der Waals surface area contributed by atoms with Gasteiger partial charge < -0.3 is 25.0 Å². The molecule has 10 nitrogen and oxygen atoms in total. The molecule has 3 fully saturated rings. The van der Waals surface area contributed by atoms with Crippen LogP contribution >= 0.6 is 23.1 Å². The van der Waals surface area contributed by atoms with Crippen molar-refractivity contribution in [3.8, 4) is 11.3 Å². The number of thiazole rings is 1. The molecule has 1 aliphatic carbocycles. The van der Waals surface area contributed by atoms with E-state index in [0.29, 0.717) is 12.5 Å². The first-order valence-corrected chi connectivity index (χ1v) is 18.3. The van der Waals surface area contributed by atoms with Crippen molar-refractivity contribution in [2.75, 3.05) is 70.0 Å². The first-order valence-electron chi connectivity index (χ1n) is 16.0. The topological polar surface area (TPSA) is 113 Å². The van der Waals surface area contributed by atoms with E-state index in [9.17, 15) is 14.4 Å². The number of benzene rings is 1. The molecule has 0 radical (unpaired) electrons. The number of piperidine rings is 1. The molecule has 250 valence electrons. The molecule has 0 spiro atoms. The van der Waals surface area contributed by atoms with Crippen LogP contribution in [-0.4, -0.2) is 105 Å². The SMILES string of the molecule is CC1(NC(=O)c2ccc(-c3csc(N4CCC(N5CCOCC5)CC4)n3)cc2)CCCCC1.CCSC.COC(=O)CNC=O. The van der Waals surface area contributed by atoms with Crippen molar-refractivity contribution < 1.29 is 23.9 Å². The summed E-state index contributed by atoms with van der Waals surface area (Å²) < 4.78 is 9.69. The van der Waals surface area contributed by atoms with E-state index in [0.717, 1.165) is 74.2 Å². The minimum atomic E-state index is -0.447. The fourth-order valence-corrected chi connectivity index (χ4v) is 6.59. The van der Waals surface area contributed by atoms with Gasteiger partial charge in [0.05, 0.1) is 26.0 Å². The van der Waals surface area contributed by atoms with Gasteiger partial charge in [-0.1, -0.05) is 38.3 Å². The Morgan fingerprint density at radius 2 is 1.76 bits per heavy atom. The van der Waals surface area contributed by atoms with E-state index in [-0.39, 0.29) is 18.0 Å². The van der Waals surface area contributed by atoms with Gasteiger partial charge in [-0.15, -0.1) is 11.3 Å². The highest BCUT2D eigenvalue weighted by Gasteiger charge is 2.29. The average molecular weight is 662 g/mol. The molecule has 45 heavy (non-hydrogen) atoms. The zero-order valence-electron chi connectivity index (χ0n) is 27.3. The van der Waals surface area contributed by atoms with Crippen molar-refractivity contribution in [1.29, 1.82) is 0 Å². The van der Waals surface area contributed by atoms with Crippen LogP contribution in [0.4, 0.5) is 5.13 Å². The second-order valence-electron chi connectivity index (χ2n) is 11.7. The number of carbonyl (C=O) groups excluding carboxylic acids is 3. The van der Waals surface area contributed by atoms with Gasteiger partial charge in [-0.25, -0.2) is 4.98 Å². The van der Waals surface area contributed by atoms with E-state index in [1.54, 1.807) is 11.3 Å². The Morgan fingerprint density at radius 1 is 1.11 bits per heavy atom. The van der Waals surface area contributed by atoms with Gasteiger partial charge in [-0.2, -0.15) is 11.8 Å². The number of rotatable bonds is 9. The van der Waals surface area contributed by atoms with E-state index in [2.05, 4.69) is 50.7 Å². The molecule has 1 saturated carbocycles. The number of methoxy groups -OCH3 is 1. The fraction of sp³-hybridized carbons (Fsp3) is 0.636. The van der Waals surface area contributed by atoms with E-state index in [1.165, 1.54) is 45.0 Å². The lowest BCUT2D eigenvalue weighted by Crippen LogP contribution is -2.49. The molecule has 2 N–H and O–H groups in total. The van der Waals surface area contributed by atoms with Crippen molar-refractivity contribution in [3.05, 3.63) is 35.2 Å². The summed E-state index contributed by atoms with van der Waals surface area (Å²) in [6.45, 7) is 10.3. The van der Waals surface area contributed by atoms with Crippen LogP contribution < -0.4 is 15.5 Å². The van der Waals surface area contributed by atoms with Gasteiger partial charge in [-0.05, 0) is 56.7 Å².